The Balaban J connectivity index is 3.11. The summed E-state index contributed by atoms with van der Waals surface area (Å²) in [4.78, 5) is 4.52. The largest absolute Gasteiger partial charge is 0.394 e. The molecule has 0 heterocycles. The summed E-state index contributed by atoms with van der Waals surface area (Å²) in [5, 5.41) is 16.9. The van der Waals surface area contributed by atoms with Crippen LogP contribution in [0, 0.1) is 0 Å². The Bertz CT molecular complexity index is 111. The van der Waals surface area contributed by atoms with Gasteiger partial charge in [-0.1, -0.05) is 0 Å². The number of hydrogen-bond acceptors (Lipinski definition) is 4. The molecular weight excluding hydrogens is 156 g/mol. The predicted molar refractivity (Wildman–Crippen MR) is 39.0 cm³/mol. The Morgan fingerprint density at radius 1 is 1.80 bits per heavy atom. The molecule has 0 fully saturated rings. The third-order valence-corrected chi connectivity index (χ3v) is 0.743. The minimum atomic E-state index is -0.901. The summed E-state index contributed by atoms with van der Waals surface area (Å²) in [5.74, 6) is 0. The van der Waals surface area contributed by atoms with Gasteiger partial charge in [0.2, 0.25) is 0 Å². The molecule has 5 nitrogen and oxygen atoms in total. The summed E-state index contributed by atoms with van der Waals surface area (Å²) in [7, 11) is 0. The second-order valence-electron chi connectivity index (χ2n) is 1.61. The molecule has 0 amide bonds. The number of aliphatic hydroxyl groups is 2. The van der Waals surface area contributed by atoms with E-state index >= 15 is 0 Å². The van der Waals surface area contributed by atoms with E-state index in [1.54, 1.807) is 0 Å². The lowest BCUT2D eigenvalue weighted by atomic mass is 10.4. The van der Waals surface area contributed by atoms with Gasteiger partial charge in [0, 0.05) is 0 Å². The van der Waals surface area contributed by atoms with Crippen molar-refractivity contribution in [1.82, 2.24) is 5.48 Å². The number of thiocarbonyl (C=S) groups is 1. The van der Waals surface area contributed by atoms with E-state index in [4.69, 9.17) is 15.9 Å². The molecule has 0 aliphatic carbocycles. The van der Waals surface area contributed by atoms with E-state index in [0.717, 1.165) is 0 Å². The molecule has 0 aliphatic heterocycles. The molecule has 0 radical (unpaired) electrons. The fourth-order valence-corrected chi connectivity index (χ4v) is 0.321. The van der Waals surface area contributed by atoms with E-state index < -0.39 is 6.10 Å². The molecule has 0 aromatic carbocycles. The van der Waals surface area contributed by atoms with Gasteiger partial charge in [-0.25, -0.2) is 5.48 Å². The van der Waals surface area contributed by atoms with Gasteiger partial charge in [-0.2, -0.15) is 0 Å². The lowest BCUT2D eigenvalue weighted by molar-refractivity contribution is -0.0156. The number of nitrogens with one attached hydrogen (secondary N) is 1. The summed E-state index contributed by atoms with van der Waals surface area (Å²) in [6, 6.07) is 0. The Morgan fingerprint density at radius 2 is 2.40 bits per heavy atom. The average Bonchev–Trinajstić information content (AvgIpc) is 1.87. The zero-order valence-corrected chi connectivity index (χ0v) is 6.10. The average molecular weight is 166 g/mol. The first-order valence-corrected chi connectivity index (χ1v) is 3.03. The monoisotopic (exact) mass is 166 g/mol. The maximum Gasteiger partial charge on any atom is 0.187 e. The van der Waals surface area contributed by atoms with Gasteiger partial charge in [0.1, 0.15) is 12.7 Å². The van der Waals surface area contributed by atoms with Crippen LogP contribution in [0.4, 0.5) is 0 Å². The molecule has 0 bridgehead atoms. The molecule has 10 heavy (non-hydrogen) atoms. The molecular formula is C4H10N2O3S. The van der Waals surface area contributed by atoms with Crippen LogP contribution in [0.5, 0.6) is 0 Å². The van der Waals surface area contributed by atoms with E-state index in [-0.39, 0.29) is 18.3 Å². The van der Waals surface area contributed by atoms with Gasteiger partial charge < -0.3 is 15.9 Å². The van der Waals surface area contributed by atoms with Crippen LogP contribution in [0.3, 0.4) is 0 Å². The molecule has 6 heteroatoms. The first-order chi connectivity index (χ1) is 4.66. The van der Waals surface area contributed by atoms with Gasteiger partial charge in [0.05, 0.1) is 6.61 Å². The van der Waals surface area contributed by atoms with Crippen molar-refractivity contribution in [1.29, 1.82) is 0 Å². The second kappa shape index (κ2) is 5.36. The third-order valence-electron chi connectivity index (χ3n) is 0.659. The molecule has 1 unspecified atom stereocenters. The maximum atomic E-state index is 8.67. The number of aliphatic hydroxyl groups excluding tert-OH is 2. The summed E-state index contributed by atoms with van der Waals surface area (Å²) in [5.41, 5.74) is 7.12. The molecule has 0 rings (SSSR count). The molecule has 0 aromatic heterocycles. The van der Waals surface area contributed by atoms with Crippen LogP contribution in [0.15, 0.2) is 0 Å². The highest BCUT2D eigenvalue weighted by atomic mass is 32.1. The topological polar surface area (TPSA) is 87.7 Å². The number of hydroxylamine groups is 1. The first kappa shape index (κ1) is 9.57. The first-order valence-electron chi connectivity index (χ1n) is 2.63. The van der Waals surface area contributed by atoms with Crippen molar-refractivity contribution in [2.45, 2.75) is 6.10 Å². The standard InChI is InChI=1S/C4H10N2O3S/c5-4(10)6-9-2-3(8)1-7/h3,7-8H,1-2H2,(H3,5,6,10). The van der Waals surface area contributed by atoms with E-state index in [1.165, 1.54) is 0 Å². The molecule has 0 saturated carbocycles. The molecule has 1 atom stereocenters. The Labute approximate surface area is 63.7 Å². The minimum Gasteiger partial charge on any atom is -0.394 e. The third kappa shape index (κ3) is 5.70. The van der Waals surface area contributed by atoms with Gasteiger partial charge >= 0.3 is 0 Å². The Hall–Kier alpha value is -0.430. The molecule has 5 N–H and O–H groups in total. The highest BCUT2D eigenvalue weighted by molar-refractivity contribution is 7.80. The molecule has 0 saturated heterocycles. The van der Waals surface area contributed by atoms with E-state index in [0.29, 0.717) is 0 Å². The van der Waals surface area contributed by atoms with Crippen molar-refractivity contribution in [2.75, 3.05) is 13.2 Å². The fraction of sp³-hybridized carbons (Fsp3) is 0.750. The Kier molecular flexibility index (Phi) is 5.13. The van der Waals surface area contributed by atoms with Crippen molar-refractivity contribution in [3.8, 4) is 0 Å². The van der Waals surface area contributed by atoms with Gasteiger partial charge in [0.25, 0.3) is 0 Å². The zero-order chi connectivity index (χ0) is 7.98. The van der Waals surface area contributed by atoms with Gasteiger partial charge in [-0.05, 0) is 12.2 Å². The quantitative estimate of drug-likeness (QED) is 0.288. The smallest absolute Gasteiger partial charge is 0.187 e. The molecule has 60 valence electrons. The van der Waals surface area contributed by atoms with Crippen molar-refractivity contribution in [3.63, 3.8) is 0 Å². The molecule has 0 spiro atoms. The highest BCUT2D eigenvalue weighted by Gasteiger charge is 2.00. The number of nitrogens with two attached hydrogens (primary N) is 1. The van der Waals surface area contributed by atoms with Crippen LogP contribution in [0.1, 0.15) is 0 Å². The number of hydrogen-bond donors (Lipinski definition) is 4. The van der Waals surface area contributed by atoms with Gasteiger partial charge in [0.15, 0.2) is 5.11 Å². The lowest BCUT2D eigenvalue weighted by Gasteiger charge is -2.07. The van der Waals surface area contributed by atoms with Crippen LogP contribution in [-0.4, -0.2) is 34.6 Å². The SMILES string of the molecule is NC(=S)NOCC(O)CO. The fourth-order valence-electron chi connectivity index (χ4n) is 0.262. The highest BCUT2D eigenvalue weighted by Crippen LogP contribution is 1.79. The van der Waals surface area contributed by atoms with Crippen molar-refractivity contribution in [2.24, 2.45) is 5.73 Å². The summed E-state index contributed by atoms with van der Waals surface area (Å²) in [6.07, 6.45) is -0.901. The van der Waals surface area contributed by atoms with E-state index in [2.05, 4.69) is 22.5 Å². The summed E-state index contributed by atoms with van der Waals surface area (Å²) in [6.45, 7) is -0.396. The van der Waals surface area contributed by atoms with Crippen molar-refractivity contribution in [3.05, 3.63) is 0 Å². The number of rotatable bonds is 4. The van der Waals surface area contributed by atoms with Crippen LogP contribution in [0.2, 0.25) is 0 Å². The molecule has 0 aliphatic rings. The Morgan fingerprint density at radius 3 is 2.80 bits per heavy atom. The maximum absolute atomic E-state index is 8.67. The second-order valence-corrected chi connectivity index (χ2v) is 2.05. The summed E-state index contributed by atoms with van der Waals surface area (Å²) >= 11 is 4.38. The van der Waals surface area contributed by atoms with E-state index in [9.17, 15) is 0 Å². The van der Waals surface area contributed by atoms with Crippen LogP contribution in [0.25, 0.3) is 0 Å². The minimum absolute atomic E-state index is 0.00913. The predicted octanol–water partition coefficient (Wildman–Crippen LogP) is -1.90. The van der Waals surface area contributed by atoms with Gasteiger partial charge in [-0.3, -0.25) is 4.84 Å². The van der Waals surface area contributed by atoms with Crippen molar-refractivity contribution >= 4 is 17.3 Å². The van der Waals surface area contributed by atoms with Crippen LogP contribution >= 0.6 is 12.2 Å². The van der Waals surface area contributed by atoms with Gasteiger partial charge in [-0.15, -0.1) is 0 Å². The summed E-state index contributed by atoms with van der Waals surface area (Å²) < 4.78 is 0. The lowest BCUT2D eigenvalue weighted by Crippen LogP contribution is -2.33. The zero-order valence-electron chi connectivity index (χ0n) is 5.28. The van der Waals surface area contributed by atoms with E-state index in [1.807, 2.05) is 0 Å². The normalized spacial score (nSPS) is 12.6. The van der Waals surface area contributed by atoms with Crippen LogP contribution in [-0.2, 0) is 4.84 Å². The van der Waals surface area contributed by atoms with Crippen LogP contribution < -0.4 is 11.2 Å². The molecule has 0 aromatic rings. The van der Waals surface area contributed by atoms with Crippen molar-refractivity contribution < 1.29 is 15.1 Å².